The first kappa shape index (κ1) is 65.4. The van der Waals surface area contributed by atoms with Crippen LogP contribution in [0.15, 0.2) is 0 Å². The van der Waals surface area contributed by atoms with Crippen LogP contribution >= 0.6 is 0 Å². The van der Waals surface area contributed by atoms with Crippen LogP contribution in [0.1, 0.15) is 349 Å². The Bertz CT molecular complexity index is 1010. The number of hydrogen-bond acceptors (Lipinski definition) is 6. The first-order valence-electron chi connectivity index (χ1n) is 30.4. The lowest BCUT2D eigenvalue weighted by atomic mass is 10.0. The van der Waals surface area contributed by atoms with Gasteiger partial charge >= 0.3 is 17.9 Å². The molecular weight excluding hydrogens is 829 g/mol. The van der Waals surface area contributed by atoms with Gasteiger partial charge in [-0.05, 0) is 25.2 Å². The summed E-state index contributed by atoms with van der Waals surface area (Å²) < 4.78 is 16.9. The van der Waals surface area contributed by atoms with Crippen LogP contribution in [-0.4, -0.2) is 37.2 Å². The van der Waals surface area contributed by atoms with Gasteiger partial charge in [-0.15, -0.1) is 0 Å². The summed E-state index contributed by atoms with van der Waals surface area (Å²) in [5.74, 6) is 0.0272. The summed E-state index contributed by atoms with van der Waals surface area (Å²) in [6.07, 6.45) is 61.0. The minimum absolute atomic E-state index is 0.0615. The predicted molar refractivity (Wildman–Crippen MR) is 289 cm³/mol. The monoisotopic (exact) mass is 947 g/mol. The number of ether oxygens (including phenoxy) is 3. The van der Waals surface area contributed by atoms with Gasteiger partial charge in [-0.25, -0.2) is 0 Å². The van der Waals surface area contributed by atoms with Gasteiger partial charge in [0.05, 0.1) is 0 Å². The van der Waals surface area contributed by atoms with Crippen molar-refractivity contribution in [2.75, 3.05) is 13.2 Å². The molecule has 6 nitrogen and oxygen atoms in total. The van der Waals surface area contributed by atoms with Gasteiger partial charge < -0.3 is 14.2 Å². The van der Waals surface area contributed by atoms with Gasteiger partial charge in [0, 0.05) is 19.3 Å². The van der Waals surface area contributed by atoms with E-state index in [-0.39, 0.29) is 31.1 Å². The Balaban J connectivity index is 4.22. The highest BCUT2D eigenvalue weighted by Crippen LogP contribution is 2.18. The minimum Gasteiger partial charge on any atom is -0.462 e. The molecule has 0 spiro atoms. The first-order valence-corrected chi connectivity index (χ1v) is 30.4. The van der Waals surface area contributed by atoms with E-state index in [9.17, 15) is 14.4 Å². The quantitative estimate of drug-likeness (QED) is 0.0343. The van der Waals surface area contributed by atoms with Crippen molar-refractivity contribution in [3.05, 3.63) is 0 Å². The predicted octanol–water partition coefficient (Wildman–Crippen LogP) is 20.2. The number of unbranched alkanes of at least 4 members (excludes halogenated alkanes) is 43. The van der Waals surface area contributed by atoms with Crippen LogP contribution in [0.4, 0.5) is 0 Å². The minimum atomic E-state index is -0.761. The number of hydrogen-bond donors (Lipinski definition) is 0. The molecule has 67 heavy (non-hydrogen) atoms. The van der Waals surface area contributed by atoms with E-state index in [0.717, 1.165) is 63.7 Å². The molecule has 0 saturated heterocycles. The summed E-state index contributed by atoms with van der Waals surface area (Å²) in [7, 11) is 0. The van der Waals surface area contributed by atoms with E-state index in [1.54, 1.807) is 0 Å². The molecule has 6 heteroatoms. The lowest BCUT2D eigenvalue weighted by Crippen LogP contribution is -2.30. The molecule has 0 aliphatic heterocycles. The molecule has 398 valence electrons. The van der Waals surface area contributed by atoms with Crippen LogP contribution in [-0.2, 0) is 28.6 Å². The first-order chi connectivity index (χ1) is 32.9. The van der Waals surface area contributed by atoms with Crippen molar-refractivity contribution >= 4 is 17.9 Å². The van der Waals surface area contributed by atoms with E-state index < -0.39 is 6.10 Å². The fourth-order valence-electron chi connectivity index (χ4n) is 9.46. The molecule has 0 fully saturated rings. The average Bonchev–Trinajstić information content (AvgIpc) is 3.31. The number of esters is 3. The van der Waals surface area contributed by atoms with E-state index >= 15 is 0 Å². The van der Waals surface area contributed by atoms with Gasteiger partial charge in [0.2, 0.25) is 0 Å². The van der Waals surface area contributed by atoms with E-state index in [1.807, 2.05) is 0 Å². The Hall–Kier alpha value is -1.59. The molecule has 0 aromatic heterocycles. The largest absolute Gasteiger partial charge is 0.462 e. The van der Waals surface area contributed by atoms with Crippen LogP contribution in [0.2, 0.25) is 0 Å². The highest BCUT2D eigenvalue weighted by molar-refractivity contribution is 5.71. The molecule has 0 heterocycles. The summed E-state index contributed by atoms with van der Waals surface area (Å²) >= 11 is 0. The number of carbonyl (C=O) groups excluding carboxylic acids is 3. The van der Waals surface area contributed by atoms with Gasteiger partial charge in [0.15, 0.2) is 6.10 Å². The Morgan fingerprint density at radius 3 is 0.731 bits per heavy atom. The summed E-state index contributed by atoms with van der Waals surface area (Å²) in [4.78, 5) is 38.2. The second-order valence-corrected chi connectivity index (χ2v) is 21.5. The molecule has 0 aliphatic carbocycles. The van der Waals surface area contributed by atoms with Crippen LogP contribution in [0.5, 0.6) is 0 Å². The van der Waals surface area contributed by atoms with Crippen molar-refractivity contribution in [2.24, 2.45) is 5.92 Å². The van der Waals surface area contributed by atoms with Gasteiger partial charge in [0.25, 0.3) is 0 Å². The molecule has 0 aliphatic rings. The highest BCUT2D eigenvalue weighted by Gasteiger charge is 2.19. The summed E-state index contributed by atoms with van der Waals surface area (Å²) in [6, 6.07) is 0. The van der Waals surface area contributed by atoms with E-state index in [1.165, 1.54) is 244 Å². The zero-order valence-corrected chi connectivity index (χ0v) is 45.9. The molecule has 0 saturated carbocycles. The maximum atomic E-state index is 12.8. The smallest absolute Gasteiger partial charge is 0.306 e. The van der Waals surface area contributed by atoms with Gasteiger partial charge in [-0.2, -0.15) is 0 Å². The molecule has 0 radical (unpaired) electrons. The average molecular weight is 948 g/mol. The standard InChI is InChI=1S/C61H118O6/c1-5-7-9-11-13-15-17-19-20-26-29-33-36-40-44-48-52-59(62)65-55-58(67-61(64)54-50-46-42-38-32-18-16-14-12-10-8-6-2)56-66-60(63)53-49-45-41-37-34-30-27-24-22-21-23-25-28-31-35-39-43-47-51-57(3)4/h57-58H,5-56H2,1-4H3/t58-/m0/s1. The highest BCUT2D eigenvalue weighted by atomic mass is 16.6. The van der Waals surface area contributed by atoms with E-state index in [4.69, 9.17) is 14.2 Å². The fraction of sp³-hybridized carbons (Fsp3) is 0.951. The van der Waals surface area contributed by atoms with Crippen LogP contribution in [0, 0.1) is 5.92 Å². The molecule has 0 aromatic rings. The topological polar surface area (TPSA) is 78.9 Å². The second-order valence-electron chi connectivity index (χ2n) is 21.5. The van der Waals surface area contributed by atoms with Gasteiger partial charge in [0.1, 0.15) is 13.2 Å². The van der Waals surface area contributed by atoms with Crippen LogP contribution in [0.25, 0.3) is 0 Å². The molecule has 1 atom stereocenters. The van der Waals surface area contributed by atoms with Crippen LogP contribution in [0.3, 0.4) is 0 Å². The van der Waals surface area contributed by atoms with Gasteiger partial charge in [-0.3, -0.25) is 14.4 Å². The number of rotatable bonds is 56. The van der Waals surface area contributed by atoms with E-state index in [0.29, 0.717) is 19.3 Å². The third-order valence-corrected chi connectivity index (χ3v) is 14.0. The third kappa shape index (κ3) is 55.2. The molecule has 0 bridgehead atoms. The summed E-state index contributed by atoms with van der Waals surface area (Å²) in [6.45, 7) is 9.08. The van der Waals surface area contributed by atoms with Crippen molar-refractivity contribution < 1.29 is 28.6 Å². The molecule has 0 amide bonds. The van der Waals surface area contributed by atoms with Crippen molar-refractivity contribution in [2.45, 2.75) is 355 Å². The zero-order valence-electron chi connectivity index (χ0n) is 45.9. The van der Waals surface area contributed by atoms with Gasteiger partial charge in [-0.1, -0.05) is 310 Å². The molecule has 0 unspecified atom stereocenters. The Morgan fingerprint density at radius 1 is 0.284 bits per heavy atom. The zero-order chi connectivity index (χ0) is 48.8. The SMILES string of the molecule is CCCCCCCCCCCCCCCCCCC(=O)OC[C@@H](COC(=O)CCCCCCCCCCCCCCCCCCCCC(C)C)OC(=O)CCCCCCCCCCCCCC. The lowest BCUT2D eigenvalue weighted by molar-refractivity contribution is -0.167. The molecule has 0 aromatic carbocycles. The summed E-state index contributed by atoms with van der Waals surface area (Å²) in [5.41, 5.74) is 0. The Morgan fingerprint density at radius 2 is 0.493 bits per heavy atom. The van der Waals surface area contributed by atoms with Crippen molar-refractivity contribution in [1.29, 1.82) is 0 Å². The maximum absolute atomic E-state index is 12.8. The molecule has 0 rings (SSSR count). The summed E-state index contributed by atoms with van der Waals surface area (Å²) in [5, 5.41) is 0. The molecule has 0 N–H and O–H groups in total. The van der Waals surface area contributed by atoms with E-state index in [2.05, 4.69) is 27.7 Å². The second kappa shape index (κ2) is 55.3. The van der Waals surface area contributed by atoms with Crippen LogP contribution < -0.4 is 0 Å². The van der Waals surface area contributed by atoms with Crippen molar-refractivity contribution in [1.82, 2.24) is 0 Å². The normalized spacial score (nSPS) is 12.0. The maximum Gasteiger partial charge on any atom is 0.306 e. The molecular formula is C61H118O6. The third-order valence-electron chi connectivity index (χ3n) is 14.0. The Labute approximate surface area is 418 Å². The Kier molecular flexibility index (Phi) is 54.0. The number of carbonyl (C=O) groups is 3. The fourth-order valence-corrected chi connectivity index (χ4v) is 9.46. The van der Waals surface area contributed by atoms with Crippen molar-refractivity contribution in [3.8, 4) is 0 Å². The van der Waals surface area contributed by atoms with Crippen molar-refractivity contribution in [3.63, 3.8) is 0 Å². The lowest BCUT2D eigenvalue weighted by Gasteiger charge is -2.18.